The molecule has 2 heterocycles. The highest BCUT2D eigenvalue weighted by atomic mass is 16.2. The minimum atomic E-state index is 0.0243. The molecule has 1 fully saturated rings. The lowest BCUT2D eigenvalue weighted by Gasteiger charge is -2.33. The molecule has 126 valence electrons. The van der Waals surface area contributed by atoms with E-state index in [9.17, 15) is 4.79 Å². The maximum Gasteiger partial charge on any atom is 0.225 e. The van der Waals surface area contributed by atoms with Crippen molar-refractivity contribution in [1.82, 2.24) is 15.3 Å². The van der Waals surface area contributed by atoms with Crippen LogP contribution in [0, 0.1) is 5.92 Å². The van der Waals surface area contributed by atoms with Gasteiger partial charge in [-0.1, -0.05) is 30.3 Å². The molecular formula is C19H24N4O. The van der Waals surface area contributed by atoms with Crippen molar-refractivity contribution in [2.75, 3.05) is 18.0 Å². The lowest BCUT2D eigenvalue weighted by Crippen LogP contribution is -2.45. The Morgan fingerprint density at radius 3 is 2.79 bits per heavy atom. The minimum Gasteiger partial charge on any atom is -0.356 e. The summed E-state index contributed by atoms with van der Waals surface area (Å²) in [6, 6.07) is 12.1. The molecule has 0 spiro atoms. The zero-order valence-electron chi connectivity index (χ0n) is 14.3. The molecule has 3 rings (SSSR count). The molecule has 1 aromatic carbocycles. The molecule has 24 heavy (non-hydrogen) atoms. The Kier molecular flexibility index (Phi) is 5.08. The van der Waals surface area contributed by atoms with E-state index in [4.69, 9.17) is 4.98 Å². The van der Waals surface area contributed by atoms with Gasteiger partial charge in [-0.2, -0.15) is 0 Å². The fraction of sp³-hybridized carbons (Fsp3) is 0.421. The number of aromatic nitrogens is 2. The lowest BCUT2D eigenvalue weighted by molar-refractivity contribution is -0.125. The molecular weight excluding hydrogens is 300 g/mol. The van der Waals surface area contributed by atoms with E-state index in [-0.39, 0.29) is 17.9 Å². The molecule has 1 N–H and O–H groups in total. The van der Waals surface area contributed by atoms with Crippen LogP contribution in [0.1, 0.15) is 26.7 Å². The summed E-state index contributed by atoms with van der Waals surface area (Å²) in [4.78, 5) is 23.6. The van der Waals surface area contributed by atoms with Gasteiger partial charge in [-0.15, -0.1) is 0 Å². The van der Waals surface area contributed by atoms with Gasteiger partial charge < -0.3 is 10.2 Å². The third kappa shape index (κ3) is 3.91. The highest BCUT2D eigenvalue weighted by Crippen LogP contribution is 2.23. The number of hydrogen-bond acceptors (Lipinski definition) is 4. The van der Waals surface area contributed by atoms with Crippen LogP contribution in [-0.4, -0.2) is 35.0 Å². The van der Waals surface area contributed by atoms with Crippen LogP contribution in [-0.2, 0) is 4.79 Å². The van der Waals surface area contributed by atoms with Gasteiger partial charge in [-0.05, 0) is 32.8 Å². The Morgan fingerprint density at radius 1 is 1.25 bits per heavy atom. The van der Waals surface area contributed by atoms with Gasteiger partial charge in [0.05, 0.1) is 5.92 Å². The molecule has 0 saturated carbocycles. The van der Waals surface area contributed by atoms with Crippen molar-refractivity contribution < 1.29 is 4.79 Å². The first-order valence-electron chi connectivity index (χ1n) is 8.57. The van der Waals surface area contributed by atoms with Crippen molar-refractivity contribution in [1.29, 1.82) is 0 Å². The third-order valence-electron chi connectivity index (χ3n) is 4.22. The molecule has 1 aliphatic rings. The van der Waals surface area contributed by atoms with Crippen molar-refractivity contribution in [3.05, 3.63) is 42.6 Å². The first-order valence-corrected chi connectivity index (χ1v) is 8.57. The molecule has 1 aromatic heterocycles. The molecule has 5 nitrogen and oxygen atoms in total. The van der Waals surface area contributed by atoms with Crippen LogP contribution in [0.3, 0.4) is 0 Å². The van der Waals surface area contributed by atoms with E-state index in [0.29, 0.717) is 6.54 Å². The monoisotopic (exact) mass is 324 g/mol. The molecule has 1 aliphatic heterocycles. The van der Waals surface area contributed by atoms with E-state index in [1.54, 1.807) is 6.20 Å². The largest absolute Gasteiger partial charge is 0.356 e. The van der Waals surface area contributed by atoms with E-state index in [0.717, 1.165) is 36.6 Å². The number of piperidine rings is 1. The van der Waals surface area contributed by atoms with Gasteiger partial charge >= 0.3 is 0 Å². The van der Waals surface area contributed by atoms with Crippen LogP contribution in [0.2, 0.25) is 0 Å². The van der Waals surface area contributed by atoms with Crippen molar-refractivity contribution in [2.24, 2.45) is 5.92 Å². The predicted octanol–water partition coefficient (Wildman–Crippen LogP) is 2.88. The van der Waals surface area contributed by atoms with Crippen LogP contribution >= 0.6 is 0 Å². The minimum absolute atomic E-state index is 0.0243. The van der Waals surface area contributed by atoms with Gasteiger partial charge in [0.2, 0.25) is 5.91 Å². The highest BCUT2D eigenvalue weighted by Gasteiger charge is 2.27. The highest BCUT2D eigenvalue weighted by molar-refractivity contribution is 5.79. The van der Waals surface area contributed by atoms with E-state index < -0.39 is 0 Å². The van der Waals surface area contributed by atoms with Crippen molar-refractivity contribution in [2.45, 2.75) is 32.7 Å². The van der Waals surface area contributed by atoms with Crippen LogP contribution in [0.25, 0.3) is 11.4 Å². The average molecular weight is 324 g/mol. The maximum atomic E-state index is 12.3. The molecule has 1 atom stereocenters. The van der Waals surface area contributed by atoms with E-state index >= 15 is 0 Å². The topological polar surface area (TPSA) is 58.1 Å². The number of hydrogen-bond donors (Lipinski definition) is 1. The van der Waals surface area contributed by atoms with E-state index in [1.807, 2.05) is 50.2 Å². The van der Waals surface area contributed by atoms with Gasteiger partial charge in [0, 0.05) is 30.9 Å². The summed E-state index contributed by atoms with van der Waals surface area (Å²) in [5, 5.41) is 3.02. The lowest BCUT2D eigenvalue weighted by atomic mass is 9.97. The molecule has 2 aromatic rings. The second-order valence-electron chi connectivity index (χ2n) is 6.55. The zero-order valence-corrected chi connectivity index (χ0v) is 14.3. The second kappa shape index (κ2) is 7.43. The number of amides is 1. The number of nitrogens with one attached hydrogen (secondary N) is 1. The van der Waals surface area contributed by atoms with Crippen molar-refractivity contribution in [3.8, 4) is 11.4 Å². The average Bonchev–Trinajstić information content (AvgIpc) is 2.62. The Hall–Kier alpha value is -2.43. The SMILES string of the molecule is CC(C)NC(=O)[C@@H]1CCCN(c2ccnc(-c3ccccc3)n2)C1. The van der Waals surface area contributed by atoms with Crippen LogP contribution in [0.15, 0.2) is 42.6 Å². The summed E-state index contributed by atoms with van der Waals surface area (Å²) >= 11 is 0. The van der Waals surface area contributed by atoms with E-state index in [1.165, 1.54) is 0 Å². The van der Waals surface area contributed by atoms with Gasteiger partial charge in [0.1, 0.15) is 5.82 Å². The Balaban J connectivity index is 1.75. The summed E-state index contributed by atoms with van der Waals surface area (Å²) < 4.78 is 0. The smallest absolute Gasteiger partial charge is 0.225 e. The fourth-order valence-electron chi connectivity index (χ4n) is 3.05. The Labute approximate surface area is 143 Å². The molecule has 0 radical (unpaired) electrons. The normalized spacial score (nSPS) is 17.8. The molecule has 1 amide bonds. The Bertz CT molecular complexity index is 687. The first kappa shape index (κ1) is 16.4. The number of anilines is 1. The van der Waals surface area contributed by atoms with E-state index in [2.05, 4.69) is 15.2 Å². The van der Waals surface area contributed by atoms with Gasteiger partial charge in [-0.25, -0.2) is 9.97 Å². The first-order chi connectivity index (χ1) is 11.6. The number of carbonyl (C=O) groups is 1. The summed E-state index contributed by atoms with van der Waals surface area (Å²) in [5.74, 6) is 1.79. The van der Waals surface area contributed by atoms with Crippen molar-refractivity contribution in [3.63, 3.8) is 0 Å². The molecule has 5 heteroatoms. The summed E-state index contributed by atoms with van der Waals surface area (Å²) in [6.07, 6.45) is 3.73. The third-order valence-corrected chi connectivity index (χ3v) is 4.22. The summed E-state index contributed by atoms with van der Waals surface area (Å²) in [5.41, 5.74) is 1.01. The zero-order chi connectivity index (χ0) is 16.9. The van der Waals surface area contributed by atoms with Gasteiger partial charge in [0.15, 0.2) is 5.82 Å². The van der Waals surface area contributed by atoms with Crippen LogP contribution < -0.4 is 10.2 Å². The number of carbonyl (C=O) groups excluding carboxylic acids is 1. The van der Waals surface area contributed by atoms with Crippen LogP contribution in [0.4, 0.5) is 5.82 Å². The molecule has 0 bridgehead atoms. The standard InChI is InChI=1S/C19H24N4O/c1-14(2)21-19(24)16-9-6-12-23(13-16)17-10-11-20-18(22-17)15-7-4-3-5-8-15/h3-5,7-8,10-11,14,16H,6,9,12-13H2,1-2H3,(H,21,24)/t16-/m1/s1. The molecule has 0 unspecified atom stereocenters. The fourth-order valence-corrected chi connectivity index (χ4v) is 3.05. The van der Waals surface area contributed by atoms with Crippen LogP contribution in [0.5, 0.6) is 0 Å². The molecule has 1 saturated heterocycles. The van der Waals surface area contributed by atoms with Gasteiger partial charge in [-0.3, -0.25) is 4.79 Å². The number of benzene rings is 1. The summed E-state index contributed by atoms with van der Waals surface area (Å²) in [6.45, 7) is 5.63. The predicted molar refractivity (Wildman–Crippen MR) is 95.7 cm³/mol. The quantitative estimate of drug-likeness (QED) is 0.939. The van der Waals surface area contributed by atoms with Crippen molar-refractivity contribution >= 4 is 11.7 Å². The second-order valence-corrected chi connectivity index (χ2v) is 6.55. The maximum absolute atomic E-state index is 12.3. The number of rotatable bonds is 4. The molecule has 0 aliphatic carbocycles. The summed E-state index contributed by atoms with van der Waals surface area (Å²) in [7, 11) is 0. The van der Waals surface area contributed by atoms with Gasteiger partial charge in [0.25, 0.3) is 0 Å². The number of nitrogens with zero attached hydrogens (tertiary/aromatic N) is 3. The Morgan fingerprint density at radius 2 is 2.04 bits per heavy atom.